The molecule has 0 unspecified atom stereocenters. The Morgan fingerprint density at radius 2 is 1.93 bits per heavy atom. The number of rotatable bonds is 8. The lowest BCUT2D eigenvalue weighted by Crippen LogP contribution is -2.48. The van der Waals surface area contributed by atoms with Gasteiger partial charge in [0, 0.05) is 71.4 Å². The number of benzene rings is 1. The molecular weight excluding hydrogens is 370 g/mol. The topological polar surface area (TPSA) is 69.6 Å². The number of amides is 1. The Labute approximate surface area is 174 Å². The summed E-state index contributed by atoms with van der Waals surface area (Å²) in [6.07, 6.45) is 0. The molecule has 8 heteroatoms. The molecule has 1 fully saturated rings. The Hall–Kier alpha value is -2.48. The largest absolute Gasteiger partial charge is 0.497 e. The number of nitrogens with one attached hydrogen (secondary N) is 1. The van der Waals surface area contributed by atoms with E-state index in [0.29, 0.717) is 13.1 Å². The average Bonchev–Trinajstić information content (AvgIpc) is 2.73. The first-order valence-electron chi connectivity index (χ1n) is 10.2. The van der Waals surface area contributed by atoms with Gasteiger partial charge in [-0.3, -0.25) is 14.7 Å². The van der Waals surface area contributed by atoms with E-state index < -0.39 is 0 Å². The number of nitrogens with zero attached hydrogens (tertiary/aromatic N) is 4. The molecule has 162 valence electrons. The van der Waals surface area contributed by atoms with E-state index in [1.54, 1.807) is 21.1 Å². The zero-order valence-corrected chi connectivity index (χ0v) is 18.4. The molecule has 1 N–H and O–H groups in total. The van der Waals surface area contributed by atoms with Crippen molar-refractivity contribution in [3.05, 3.63) is 23.8 Å². The van der Waals surface area contributed by atoms with Crippen LogP contribution in [0.4, 0.5) is 0 Å². The van der Waals surface area contributed by atoms with E-state index in [9.17, 15) is 4.79 Å². The Balaban J connectivity index is 1.93. The third-order valence-corrected chi connectivity index (χ3v) is 5.09. The monoisotopic (exact) mass is 405 g/mol. The molecule has 1 saturated heterocycles. The van der Waals surface area contributed by atoms with Crippen molar-refractivity contribution < 1.29 is 14.3 Å². The van der Waals surface area contributed by atoms with Crippen molar-refractivity contribution in [3.63, 3.8) is 0 Å². The van der Waals surface area contributed by atoms with Crippen LogP contribution in [0.5, 0.6) is 11.5 Å². The summed E-state index contributed by atoms with van der Waals surface area (Å²) in [6.45, 7) is 10.2. The average molecular weight is 406 g/mol. The Bertz CT molecular complexity index is 687. The van der Waals surface area contributed by atoms with E-state index in [2.05, 4.69) is 22.0 Å². The van der Waals surface area contributed by atoms with Gasteiger partial charge in [-0.2, -0.15) is 0 Å². The van der Waals surface area contributed by atoms with Crippen LogP contribution in [-0.4, -0.2) is 93.6 Å². The Morgan fingerprint density at radius 1 is 1.21 bits per heavy atom. The van der Waals surface area contributed by atoms with Crippen molar-refractivity contribution in [1.29, 1.82) is 0 Å². The number of ether oxygens (including phenoxy) is 2. The molecule has 0 saturated carbocycles. The summed E-state index contributed by atoms with van der Waals surface area (Å²) in [4.78, 5) is 22.6. The van der Waals surface area contributed by atoms with Gasteiger partial charge in [0.1, 0.15) is 11.5 Å². The normalized spacial score (nSPS) is 15.2. The van der Waals surface area contributed by atoms with Gasteiger partial charge in [-0.15, -0.1) is 0 Å². The van der Waals surface area contributed by atoms with Crippen LogP contribution in [0.15, 0.2) is 23.2 Å². The number of guanidine groups is 1. The van der Waals surface area contributed by atoms with Crippen LogP contribution in [0.3, 0.4) is 0 Å². The molecule has 1 aliphatic rings. The van der Waals surface area contributed by atoms with Gasteiger partial charge in [-0.05, 0) is 19.1 Å². The van der Waals surface area contributed by atoms with Gasteiger partial charge in [0.05, 0.1) is 20.8 Å². The number of piperazine rings is 1. The second-order valence-corrected chi connectivity index (χ2v) is 7.12. The predicted molar refractivity (Wildman–Crippen MR) is 116 cm³/mol. The number of carbonyl (C=O) groups is 1. The van der Waals surface area contributed by atoms with E-state index >= 15 is 0 Å². The first kappa shape index (κ1) is 22.8. The number of aliphatic imine (C=N–C) groups is 1. The molecule has 1 aromatic rings. The van der Waals surface area contributed by atoms with Crippen molar-refractivity contribution in [2.45, 2.75) is 20.4 Å². The van der Waals surface area contributed by atoms with E-state index in [-0.39, 0.29) is 5.91 Å². The highest BCUT2D eigenvalue weighted by molar-refractivity contribution is 5.79. The predicted octanol–water partition coefficient (Wildman–Crippen LogP) is 1.27. The standard InChI is InChI=1S/C21H35N5O3/c1-6-22-21(23-9-10-25-11-13-26(14-12-25)17(2)27)24(3)16-18-7-8-19(28-4)15-20(18)29-5/h7-8,15H,6,9-14,16H2,1-5H3,(H,22,23). The summed E-state index contributed by atoms with van der Waals surface area (Å²) >= 11 is 0. The first-order chi connectivity index (χ1) is 14.0. The van der Waals surface area contributed by atoms with Crippen LogP contribution < -0.4 is 14.8 Å². The summed E-state index contributed by atoms with van der Waals surface area (Å²) in [5, 5.41) is 3.36. The van der Waals surface area contributed by atoms with Crippen molar-refractivity contribution in [2.24, 2.45) is 4.99 Å². The summed E-state index contributed by atoms with van der Waals surface area (Å²) in [5.41, 5.74) is 1.07. The van der Waals surface area contributed by atoms with Crippen molar-refractivity contribution >= 4 is 11.9 Å². The van der Waals surface area contributed by atoms with Crippen LogP contribution >= 0.6 is 0 Å². The first-order valence-corrected chi connectivity index (χ1v) is 10.2. The van der Waals surface area contributed by atoms with Crippen molar-refractivity contribution in [3.8, 4) is 11.5 Å². The molecule has 1 amide bonds. The highest BCUT2D eigenvalue weighted by atomic mass is 16.5. The lowest BCUT2D eigenvalue weighted by molar-refractivity contribution is -0.130. The maximum Gasteiger partial charge on any atom is 0.219 e. The Morgan fingerprint density at radius 3 is 2.52 bits per heavy atom. The summed E-state index contributed by atoms with van der Waals surface area (Å²) < 4.78 is 10.8. The molecule has 0 aliphatic carbocycles. The van der Waals surface area contributed by atoms with Gasteiger partial charge in [0.2, 0.25) is 5.91 Å². The molecule has 1 aromatic carbocycles. The van der Waals surface area contributed by atoms with Crippen LogP contribution in [0.25, 0.3) is 0 Å². The molecule has 0 atom stereocenters. The number of methoxy groups -OCH3 is 2. The minimum atomic E-state index is 0.160. The van der Waals surface area contributed by atoms with Gasteiger partial charge in [-0.25, -0.2) is 0 Å². The van der Waals surface area contributed by atoms with Crippen molar-refractivity contribution in [2.75, 3.05) is 67.1 Å². The molecule has 8 nitrogen and oxygen atoms in total. The number of hydrogen-bond acceptors (Lipinski definition) is 5. The number of hydrogen-bond donors (Lipinski definition) is 1. The second kappa shape index (κ2) is 11.5. The van der Waals surface area contributed by atoms with Gasteiger partial charge in [-0.1, -0.05) is 0 Å². The zero-order valence-electron chi connectivity index (χ0n) is 18.4. The van der Waals surface area contributed by atoms with Crippen LogP contribution in [0.2, 0.25) is 0 Å². The van der Waals surface area contributed by atoms with E-state index in [4.69, 9.17) is 14.5 Å². The fourth-order valence-electron chi connectivity index (χ4n) is 3.37. The number of carbonyl (C=O) groups excluding carboxylic acids is 1. The summed E-state index contributed by atoms with van der Waals surface area (Å²) in [7, 11) is 5.34. The minimum absolute atomic E-state index is 0.160. The molecule has 0 aromatic heterocycles. The van der Waals surface area contributed by atoms with Gasteiger partial charge in [0.15, 0.2) is 5.96 Å². The van der Waals surface area contributed by atoms with Gasteiger partial charge < -0.3 is 24.6 Å². The van der Waals surface area contributed by atoms with Crippen molar-refractivity contribution in [1.82, 2.24) is 20.0 Å². The summed E-state index contributed by atoms with van der Waals surface area (Å²) in [5.74, 6) is 2.61. The lowest BCUT2D eigenvalue weighted by atomic mass is 10.2. The molecular formula is C21H35N5O3. The van der Waals surface area contributed by atoms with E-state index in [1.165, 1.54) is 0 Å². The molecule has 2 rings (SSSR count). The third-order valence-electron chi connectivity index (χ3n) is 5.09. The molecule has 0 radical (unpaired) electrons. The van der Waals surface area contributed by atoms with Crippen LogP contribution in [-0.2, 0) is 11.3 Å². The summed E-state index contributed by atoms with van der Waals surface area (Å²) in [6, 6.07) is 5.86. The molecule has 29 heavy (non-hydrogen) atoms. The smallest absolute Gasteiger partial charge is 0.219 e. The van der Waals surface area contributed by atoms with Gasteiger partial charge in [0.25, 0.3) is 0 Å². The maximum absolute atomic E-state index is 11.4. The van der Waals surface area contributed by atoms with Crippen LogP contribution in [0.1, 0.15) is 19.4 Å². The highest BCUT2D eigenvalue weighted by Crippen LogP contribution is 2.25. The molecule has 1 heterocycles. The second-order valence-electron chi connectivity index (χ2n) is 7.12. The Kier molecular flexibility index (Phi) is 9.05. The van der Waals surface area contributed by atoms with E-state index in [1.807, 2.05) is 30.1 Å². The molecule has 0 spiro atoms. The lowest BCUT2D eigenvalue weighted by Gasteiger charge is -2.33. The zero-order chi connectivity index (χ0) is 21.2. The van der Waals surface area contributed by atoms with Gasteiger partial charge >= 0.3 is 0 Å². The third kappa shape index (κ3) is 6.81. The fraction of sp³-hybridized carbons (Fsp3) is 0.619. The van der Waals surface area contributed by atoms with E-state index in [0.717, 1.165) is 62.3 Å². The highest BCUT2D eigenvalue weighted by Gasteiger charge is 2.18. The van der Waals surface area contributed by atoms with Crippen LogP contribution in [0, 0.1) is 0 Å². The SMILES string of the molecule is CCNC(=NCCN1CCN(C(C)=O)CC1)N(C)Cc1ccc(OC)cc1OC. The fourth-order valence-corrected chi connectivity index (χ4v) is 3.37. The minimum Gasteiger partial charge on any atom is -0.497 e. The quantitative estimate of drug-likeness (QED) is 0.519. The molecule has 0 bridgehead atoms. The molecule has 1 aliphatic heterocycles. The maximum atomic E-state index is 11.4.